The van der Waals surface area contributed by atoms with Gasteiger partial charge >= 0.3 is 0 Å². The van der Waals surface area contributed by atoms with Crippen molar-refractivity contribution in [2.75, 3.05) is 25.2 Å². The zero-order valence-corrected chi connectivity index (χ0v) is 13.3. The second-order valence-corrected chi connectivity index (χ2v) is 5.72. The van der Waals surface area contributed by atoms with Crippen molar-refractivity contribution in [3.8, 4) is 0 Å². The van der Waals surface area contributed by atoms with Crippen molar-refractivity contribution >= 4 is 39.2 Å². The van der Waals surface area contributed by atoms with Crippen LogP contribution in [0.1, 0.15) is 17.3 Å². The molecular formula is C14H15BrN2O4. The summed E-state index contributed by atoms with van der Waals surface area (Å²) in [5, 5.41) is 2.71. The van der Waals surface area contributed by atoms with E-state index in [1.54, 1.807) is 32.2 Å². The number of rotatable bonds is 5. The Morgan fingerprint density at radius 2 is 2.14 bits per heavy atom. The summed E-state index contributed by atoms with van der Waals surface area (Å²) >= 11 is 3.29. The van der Waals surface area contributed by atoms with Crippen LogP contribution in [-0.2, 0) is 14.3 Å². The van der Waals surface area contributed by atoms with Crippen LogP contribution < -0.4 is 10.2 Å². The van der Waals surface area contributed by atoms with Gasteiger partial charge in [0.25, 0.3) is 11.7 Å². The number of anilines is 1. The van der Waals surface area contributed by atoms with Gasteiger partial charge in [0.05, 0.1) is 17.9 Å². The second kappa shape index (κ2) is 6.36. The van der Waals surface area contributed by atoms with Crippen LogP contribution >= 0.6 is 15.9 Å². The van der Waals surface area contributed by atoms with Gasteiger partial charge in [-0.25, -0.2) is 0 Å². The zero-order valence-electron chi connectivity index (χ0n) is 11.7. The lowest BCUT2D eigenvalue weighted by Gasteiger charge is -2.18. The second-order valence-electron chi connectivity index (χ2n) is 4.81. The molecule has 0 aliphatic carbocycles. The molecule has 21 heavy (non-hydrogen) atoms. The first-order chi connectivity index (χ1) is 9.93. The van der Waals surface area contributed by atoms with Crippen molar-refractivity contribution in [3.63, 3.8) is 0 Å². The summed E-state index contributed by atoms with van der Waals surface area (Å²) in [4.78, 5) is 37.0. The first-order valence-corrected chi connectivity index (χ1v) is 7.17. The zero-order chi connectivity index (χ0) is 15.6. The third-order valence-corrected chi connectivity index (χ3v) is 3.55. The van der Waals surface area contributed by atoms with E-state index in [-0.39, 0.29) is 18.5 Å². The Balaban J connectivity index is 2.14. The number of methoxy groups -OCH3 is 1. The van der Waals surface area contributed by atoms with E-state index in [2.05, 4.69) is 21.2 Å². The van der Waals surface area contributed by atoms with Gasteiger partial charge in [-0.1, -0.05) is 15.9 Å². The van der Waals surface area contributed by atoms with Crippen LogP contribution in [0.5, 0.6) is 0 Å². The lowest BCUT2D eigenvalue weighted by Crippen LogP contribution is -2.44. The summed E-state index contributed by atoms with van der Waals surface area (Å²) in [6.45, 7) is 1.98. The summed E-state index contributed by atoms with van der Waals surface area (Å²) in [7, 11) is 1.54. The Kier molecular flexibility index (Phi) is 4.74. The predicted molar refractivity (Wildman–Crippen MR) is 80.3 cm³/mol. The molecule has 112 valence electrons. The molecule has 1 N–H and O–H groups in total. The quantitative estimate of drug-likeness (QED) is 0.804. The highest BCUT2D eigenvalue weighted by atomic mass is 79.9. The molecule has 6 nitrogen and oxygen atoms in total. The van der Waals surface area contributed by atoms with E-state index in [1.165, 1.54) is 4.90 Å². The number of fused-ring (bicyclic) bond motifs is 1. The van der Waals surface area contributed by atoms with E-state index in [0.29, 0.717) is 17.9 Å². The van der Waals surface area contributed by atoms with E-state index in [4.69, 9.17) is 4.74 Å². The number of nitrogens with zero attached hydrogens (tertiary/aromatic N) is 1. The molecule has 7 heteroatoms. The van der Waals surface area contributed by atoms with Gasteiger partial charge in [-0.15, -0.1) is 0 Å². The number of nitrogens with one attached hydrogen (secondary N) is 1. The average Bonchev–Trinajstić information content (AvgIpc) is 2.64. The van der Waals surface area contributed by atoms with E-state index in [0.717, 1.165) is 4.47 Å². The maximum atomic E-state index is 12.0. The Bertz CT molecular complexity index is 603. The smallest absolute Gasteiger partial charge is 0.299 e. The number of carbonyl (C=O) groups excluding carboxylic acids is 3. The van der Waals surface area contributed by atoms with E-state index in [1.807, 2.05) is 0 Å². The molecule has 2 rings (SSSR count). The van der Waals surface area contributed by atoms with Crippen LogP contribution in [0.4, 0.5) is 5.69 Å². The van der Waals surface area contributed by atoms with Crippen molar-refractivity contribution in [1.82, 2.24) is 5.32 Å². The number of carbonyl (C=O) groups is 3. The topological polar surface area (TPSA) is 75.7 Å². The van der Waals surface area contributed by atoms with Crippen LogP contribution in [0.2, 0.25) is 0 Å². The Hall–Kier alpha value is -1.73. The average molecular weight is 355 g/mol. The summed E-state index contributed by atoms with van der Waals surface area (Å²) in [6, 6.07) is 4.75. The van der Waals surface area contributed by atoms with Crippen LogP contribution in [0.25, 0.3) is 0 Å². The monoisotopic (exact) mass is 354 g/mol. The summed E-state index contributed by atoms with van der Waals surface area (Å²) in [5.74, 6) is -1.61. The van der Waals surface area contributed by atoms with Gasteiger partial charge in [0.2, 0.25) is 5.91 Å². The van der Waals surface area contributed by atoms with Crippen molar-refractivity contribution in [2.24, 2.45) is 0 Å². The summed E-state index contributed by atoms with van der Waals surface area (Å²) < 4.78 is 5.67. The third kappa shape index (κ3) is 3.30. The minimum atomic E-state index is -0.683. The Labute approximate surface area is 130 Å². The number of hydrogen-bond donors (Lipinski definition) is 1. The fourth-order valence-electron chi connectivity index (χ4n) is 2.18. The molecule has 1 heterocycles. The van der Waals surface area contributed by atoms with Gasteiger partial charge < -0.3 is 10.1 Å². The molecule has 1 atom stereocenters. The number of halogens is 1. The fourth-order valence-corrected chi connectivity index (χ4v) is 2.53. The highest BCUT2D eigenvalue weighted by Gasteiger charge is 2.36. The Morgan fingerprint density at radius 3 is 2.81 bits per heavy atom. The Morgan fingerprint density at radius 1 is 1.43 bits per heavy atom. The molecule has 0 saturated carbocycles. The van der Waals surface area contributed by atoms with Crippen molar-refractivity contribution < 1.29 is 19.1 Å². The standard InChI is InChI=1S/C14H15BrN2O4/c1-8(7-21-2)16-12(18)6-17-11-5-9(15)3-4-10(11)13(19)14(17)20/h3-5,8H,6-7H2,1-2H3,(H,16,18). The molecule has 0 saturated heterocycles. The number of ketones is 1. The van der Waals surface area contributed by atoms with Gasteiger partial charge in [0.15, 0.2) is 0 Å². The number of Topliss-reactive ketones (excluding diaryl/α,β-unsaturated/α-hetero) is 1. The van der Waals surface area contributed by atoms with Crippen LogP contribution in [0.15, 0.2) is 22.7 Å². The lowest BCUT2D eigenvalue weighted by atomic mass is 10.1. The molecule has 1 aromatic carbocycles. The van der Waals surface area contributed by atoms with Gasteiger partial charge in [-0.2, -0.15) is 0 Å². The molecule has 0 fully saturated rings. The van der Waals surface area contributed by atoms with Crippen LogP contribution in [0, 0.1) is 0 Å². The molecule has 1 aliphatic rings. The number of ether oxygens (including phenoxy) is 1. The minimum Gasteiger partial charge on any atom is -0.383 e. The highest BCUT2D eigenvalue weighted by Crippen LogP contribution is 2.31. The van der Waals surface area contributed by atoms with Crippen LogP contribution in [0.3, 0.4) is 0 Å². The normalized spacial score (nSPS) is 15.1. The summed E-state index contributed by atoms with van der Waals surface area (Å²) in [6.07, 6.45) is 0. The predicted octanol–water partition coefficient (Wildman–Crippen LogP) is 1.13. The highest BCUT2D eigenvalue weighted by molar-refractivity contribution is 9.10. The number of benzene rings is 1. The van der Waals surface area contributed by atoms with Gasteiger partial charge in [0.1, 0.15) is 6.54 Å². The minimum absolute atomic E-state index is 0.169. The van der Waals surface area contributed by atoms with Gasteiger partial charge in [0, 0.05) is 17.6 Å². The molecule has 2 amide bonds. The molecular weight excluding hydrogens is 340 g/mol. The summed E-state index contributed by atoms with van der Waals surface area (Å²) in [5.41, 5.74) is 0.773. The van der Waals surface area contributed by atoms with Crippen molar-refractivity contribution in [1.29, 1.82) is 0 Å². The SMILES string of the molecule is COCC(C)NC(=O)CN1C(=O)C(=O)c2ccc(Br)cc21. The molecule has 1 aromatic rings. The van der Waals surface area contributed by atoms with Crippen molar-refractivity contribution in [2.45, 2.75) is 13.0 Å². The molecule has 1 aliphatic heterocycles. The molecule has 0 bridgehead atoms. The van der Waals surface area contributed by atoms with Gasteiger partial charge in [-0.05, 0) is 25.1 Å². The van der Waals surface area contributed by atoms with E-state index in [9.17, 15) is 14.4 Å². The molecule has 1 unspecified atom stereocenters. The number of hydrogen-bond acceptors (Lipinski definition) is 4. The largest absolute Gasteiger partial charge is 0.383 e. The van der Waals surface area contributed by atoms with E-state index >= 15 is 0 Å². The molecule has 0 aromatic heterocycles. The first-order valence-electron chi connectivity index (χ1n) is 6.38. The van der Waals surface area contributed by atoms with Crippen LogP contribution in [-0.4, -0.2) is 43.9 Å². The molecule has 0 radical (unpaired) electrons. The fraction of sp³-hybridized carbons (Fsp3) is 0.357. The molecule has 0 spiro atoms. The maximum absolute atomic E-state index is 12.0. The lowest BCUT2D eigenvalue weighted by molar-refractivity contribution is -0.122. The van der Waals surface area contributed by atoms with Gasteiger partial charge in [-0.3, -0.25) is 19.3 Å². The van der Waals surface area contributed by atoms with Crippen molar-refractivity contribution in [3.05, 3.63) is 28.2 Å². The maximum Gasteiger partial charge on any atom is 0.299 e. The van der Waals surface area contributed by atoms with E-state index < -0.39 is 11.7 Å². The number of amides is 2. The first kappa shape index (κ1) is 15.7. The third-order valence-electron chi connectivity index (χ3n) is 3.06.